The van der Waals surface area contributed by atoms with E-state index < -0.39 is 11.6 Å². The monoisotopic (exact) mass is 421 g/mol. The van der Waals surface area contributed by atoms with Crippen LogP contribution in [0.25, 0.3) is 0 Å². The summed E-state index contributed by atoms with van der Waals surface area (Å²) in [7, 11) is 0. The van der Waals surface area contributed by atoms with Gasteiger partial charge in [0.15, 0.2) is 5.60 Å². The molecule has 2 aliphatic rings. The van der Waals surface area contributed by atoms with Crippen LogP contribution in [0.2, 0.25) is 0 Å². The lowest BCUT2D eigenvalue weighted by molar-refractivity contribution is 0.0224. The molecule has 0 saturated carbocycles. The van der Waals surface area contributed by atoms with Crippen molar-refractivity contribution >= 4 is 12.0 Å². The van der Waals surface area contributed by atoms with E-state index in [1.54, 1.807) is 31.2 Å². The van der Waals surface area contributed by atoms with Crippen molar-refractivity contribution in [1.82, 2.24) is 0 Å². The van der Waals surface area contributed by atoms with Crippen LogP contribution < -0.4 is 4.74 Å². The number of hydrogen-bond donors (Lipinski definition) is 4. The lowest BCUT2D eigenvalue weighted by Gasteiger charge is -2.36. The van der Waals surface area contributed by atoms with Crippen molar-refractivity contribution in [3.05, 3.63) is 82.9 Å². The number of hydrogen-bond acceptors (Lipinski definition) is 8. The molecule has 0 unspecified atom stereocenters. The number of isocyanates is 1. The molecule has 3 aromatic rings. The van der Waals surface area contributed by atoms with E-state index in [1.807, 2.05) is 12.1 Å². The standard InChI is InChI=1S/C20H12O5.C2H6O.CHNO/c21-11-5-7-15-17(9-11)24-18-10-12(22)6-8-16(18)20(15)14-4-2-1-3-13(14)19(23)25-20;1-2-3;2-1-3/h1-10,21-22H;3H,2H2,1H3;2H. The molecule has 0 fully saturated rings. The maximum atomic E-state index is 12.5. The number of fused-ring (bicyclic) bond motifs is 6. The number of aromatic hydroxyl groups is 2. The molecule has 0 saturated heterocycles. The van der Waals surface area contributed by atoms with Gasteiger partial charge in [-0.05, 0) is 37.3 Å². The predicted molar refractivity (Wildman–Crippen MR) is 109 cm³/mol. The van der Waals surface area contributed by atoms with Gasteiger partial charge in [0, 0.05) is 35.4 Å². The fraction of sp³-hybridized carbons (Fsp3) is 0.130. The minimum atomic E-state index is -1.17. The van der Waals surface area contributed by atoms with Crippen molar-refractivity contribution in [2.75, 3.05) is 6.61 Å². The third-order valence-corrected chi connectivity index (χ3v) is 4.68. The lowest BCUT2D eigenvalue weighted by Crippen LogP contribution is -2.32. The van der Waals surface area contributed by atoms with Crippen molar-refractivity contribution in [1.29, 1.82) is 5.41 Å². The summed E-state index contributed by atoms with van der Waals surface area (Å²) in [5.74, 6) is 0.408. The molecule has 0 radical (unpaired) electrons. The van der Waals surface area contributed by atoms with Crippen LogP contribution in [-0.4, -0.2) is 34.0 Å². The fourth-order valence-corrected chi connectivity index (χ4v) is 3.65. The molecule has 0 bridgehead atoms. The number of carbonyl (C=O) groups is 1. The number of aliphatic hydroxyl groups excluding tert-OH is 1. The van der Waals surface area contributed by atoms with Crippen molar-refractivity contribution in [3.8, 4) is 23.0 Å². The van der Waals surface area contributed by atoms with Gasteiger partial charge in [-0.25, -0.2) is 15.0 Å². The minimum absolute atomic E-state index is 0.0371. The summed E-state index contributed by atoms with van der Waals surface area (Å²) >= 11 is 0. The Kier molecular flexibility index (Phi) is 6.06. The SMILES string of the molecule is CCO.N=C=O.O=C1OC2(c3ccc(O)cc3Oc3cc(O)ccc32)c2ccccc21. The van der Waals surface area contributed by atoms with Crippen LogP contribution in [0.5, 0.6) is 23.0 Å². The predicted octanol–water partition coefficient (Wildman–Crippen LogP) is 3.57. The van der Waals surface area contributed by atoms with Gasteiger partial charge in [-0.15, -0.1) is 0 Å². The zero-order valence-electron chi connectivity index (χ0n) is 16.5. The van der Waals surface area contributed by atoms with Gasteiger partial charge in [-0.3, -0.25) is 0 Å². The van der Waals surface area contributed by atoms with Gasteiger partial charge in [0.1, 0.15) is 23.0 Å². The number of benzene rings is 3. The maximum absolute atomic E-state index is 12.5. The molecule has 31 heavy (non-hydrogen) atoms. The van der Waals surface area contributed by atoms with Gasteiger partial charge in [-0.2, -0.15) is 0 Å². The van der Waals surface area contributed by atoms with Crippen molar-refractivity contribution in [3.63, 3.8) is 0 Å². The second-order valence-electron chi connectivity index (χ2n) is 6.50. The topological polar surface area (TPSA) is 137 Å². The van der Waals surface area contributed by atoms with Crippen LogP contribution in [0.1, 0.15) is 34.0 Å². The number of esters is 1. The van der Waals surface area contributed by atoms with E-state index in [0.29, 0.717) is 33.8 Å². The molecular formula is C23H19NO7. The Morgan fingerprint density at radius 2 is 1.42 bits per heavy atom. The summed E-state index contributed by atoms with van der Waals surface area (Å²) in [5, 5.41) is 32.6. The highest BCUT2D eigenvalue weighted by molar-refractivity contribution is 5.97. The molecule has 4 N–H and O–H groups in total. The first-order valence-electron chi connectivity index (χ1n) is 9.25. The zero-order chi connectivity index (χ0) is 22.6. The average Bonchev–Trinajstić information content (AvgIpc) is 3.02. The molecule has 5 rings (SSSR count). The smallest absolute Gasteiger partial charge is 0.340 e. The number of phenols is 2. The van der Waals surface area contributed by atoms with Crippen LogP contribution >= 0.6 is 0 Å². The molecule has 2 aliphatic heterocycles. The second kappa shape index (κ2) is 8.71. The second-order valence-corrected chi connectivity index (χ2v) is 6.50. The molecule has 2 heterocycles. The summed E-state index contributed by atoms with van der Waals surface area (Å²) < 4.78 is 11.8. The molecule has 8 heteroatoms. The summed E-state index contributed by atoms with van der Waals surface area (Å²) in [4.78, 5) is 20.9. The van der Waals surface area contributed by atoms with Gasteiger partial charge in [0.05, 0.1) is 5.56 Å². The number of carbonyl (C=O) groups excluding carboxylic acids is 2. The van der Waals surface area contributed by atoms with E-state index in [9.17, 15) is 15.0 Å². The molecule has 0 amide bonds. The number of aliphatic hydroxyl groups is 1. The summed E-state index contributed by atoms with van der Waals surface area (Å²) in [5.41, 5.74) is 1.28. The Balaban J connectivity index is 0.000000411. The van der Waals surface area contributed by atoms with Crippen molar-refractivity contribution in [2.24, 2.45) is 0 Å². The molecule has 8 nitrogen and oxygen atoms in total. The largest absolute Gasteiger partial charge is 0.508 e. The normalized spacial score (nSPS) is 13.5. The highest BCUT2D eigenvalue weighted by atomic mass is 16.6. The van der Waals surface area contributed by atoms with Gasteiger partial charge >= 0.3 is 5.97 Å². The number of nitrogens with one attached hydrogen (secondary N) is 1. The Bertz CT molecular complexity index is 1110. The van der Waals surface area contributed by atoms with Gasteiger partial charge < -0.3 is 24.8 Å². The highest BCUT2D eigenvalue weighted by Crippen LogP contribution is 2.56. The van der Waals surface area contributed by atoms with E-state index in [4.69, 9.17) is 24.8 Å². The minimum Gasteiger partial charge on any atom is -0.508 e. The molecular weight excluding hydrogens is 402 g/mol. The van der Waals surface area contributed by atoms with Crippen molar-refractivity contribution in [2.45, 2.75) is 12.5 Å². The van der Waals surface area contributed by atoms with Gasteiger partial charge in [0.25, 0.3) is 0 Å². The summed E-state index contributed by atoms with van der Waals surface area (Å²) in [6.45, 7) is 1.93. The van der Waals surface area contributed by atoms with Gasteiger partial charge in [0.2, 0.25) is 6.08 Å². The molecule has 0 aromatic heterocycles. The van der Waals surface area contributed by atoms with Gasteiger partial charge in [-0.1, -0.05) is 18.2 Å². The Morgan fingerprint density at radius 1 is 0.935 bits per heavy atom. The first kappa shape index (κ1) is 21.6. The molecule has 1 spiro atoms. The third kappa shape index (κ3) is 3.61. The highest BCUT2D eigenvalue weighted by Gasteiger charge is 2.53. The third-order valence-electron chi connectivity index (χ3n) is 4.68. The van der Waals surface area contributed by atoms with E-state index in [-0.39, 0.29) is 18.1 Å². The van der Waals surface area contributed by atoms with Crippen molar-refractivity contribution < 1.29 is 34.4 Å². The zero-order valence-corrected chi connectivity index (χ0v) is 16.5. The van der Waals surface area contributed by atoms with Crippen LogP contribution in [0.4, 0.5) is 0 Å². The fourth-order valence-electron chi connectivity index (χ4n) is 3.65. The lowest BCUT2D eigenvalue weighted by atomic mass is 9.77. The number of phenolic OH excluding ortho intramolecular Hbond substituents is 2. The van der Waals surface area contributed by atoms with Crippen LogP contribution in [0.3, 0.4) is 0 Å². The Labute approximate surface area is 177 Å². The summed E-state index contributed by atoms with van der Waals surface area (Å²) in [6, 6.07) is 16.6. The molecule has 158 valence electrons. The van der Waals surface area contributed by atoms with E-state index in [1.165, 1.54) is 24.3 Å². The number of ether oxygens (including phenoxy) is 2. The maximum Gasteiger partial charge on any atom is 0.340 e. The van der Waals surface area contributed by atoms with E-state index in [2.05, 4.69) is 0 Å². The Morgan fingerprint density at radius 3 is 1.94 bits per heavy atom. The van der Waals surface area contributed by atoms with Crippen LogP contribution in [0, 0.1) is 5.41 Å². The summed E-state index contributed by atoms with van der Waals surface area (Å²) in [6.07, 6.45) is 0.750. The first-order chi connectivity index (χ1) is 14.9. The van der Waals surface area contributed by atoms with Crippen LogP contribution in [0.15, 0.2) is 60.7 Å². The number of rotatable bonds is 0. The first-order valence-corrected chi connectivity index (χ1v) is 9.25. The Hall–Kier alpha value is -4.13. The van der Waals surface area contributed by atoms with Crippen LogP contribution in [-0.2, 0) is 15.1 Å². The van der Waals surface area contributed by atoms with E-state index >= 15 is 0 Å². The molecule has 3 aromatic carbocycles. The van der Waals surface area contributed by atoms with E-state index in [0.717, 1.165) is 6.08 Å². The molecule has 0 aliphatic carbocycles. The molecule has 0 atom stereocenters. The average molecular weight is 421 g/mol. The quantitative estimate of drug-likeness (QED) is 0.247.